The highest BCUT2D eigenvalue weighted by atomic mass is 35.5. The van der Waals surface area contributed by atoms with Crippen molar-refractivity contribution in [3.8, 4) is 17.1 Å². The van der Waals surface area contributed by atoms with Crippen molar-refractivity contribution >= 4 is 17.4 Å². The van der Waals surface area contributed by atoms with Gasteiger partial charge in [-0.25, -0.2) is 0 Å². The fraction of sp³-hybridized carbons (Fsp3) is 0.100. The van der Waals surface area contributed by atoms with Gasteiger partial charge in [0.15, 0.2) is 11.6 Å². The Balaban J connectivity index is 2.66. The van der Waals surface area contributed by atoms with E-state index in [0.717, 1.165) is 0 Å². The average molecular weight is 225 g/mol. The zero-order valence-electron chi connectivity index (χ0n) is 7.99. The minimum atomic E-state index is 0.0821. The predicted octanol–water partition coefficient (Wildman–Crippen LogP) is 2.59. The highest BCUT2D eigenvalue weighted by Crippen LogP contribution is 2.38. The molecule has 0 saturated carbocycles. The number of halogens is 1. The molecule has 2 rings (SSSR count). The van der Waals surface area contributed by atoms with Crippen LogP contribution in [-0.2, 0) is 0 Å². The highest BCUT2D eigenvalue weighted by molar-refractivity contribution is 6.33. The molecule has 0 radical (unpaired) electrons. The van der Waals surface area contributed by atoms with Crippen LogP contribution in [0.5, 0.6) is 5.75 Å². The number of nitrogen functional groups attached to an aromatic ring is 1. The van der Waals surface area contributed by atoms with Gasteiger partial charge in [-0.15, -0.1) is 0 Å². The summed E-state index contributed by atoms with van der Waals surface area (Å²) in [5, 5.41) is 13.8. The van der Waals surface area contributed by atoms with Crippen molar-refractivity contribution in [3.05, 3.63) is 28.8 Å². The maximum Gasteiger partial charge on any atom is 0.174 e. The Hall–Kier alpha value is -1.68. The molecule has 0 aliphatic carbocycles. The van der Waals surface area contributed by atoms with Gasteiger partial charge in [0, 0.05) is 6.07 Å². The molecule has 0 atom stereocenters. The molecule has 0 amide bonds. The van der Waals surface area contributed by atoms with Crippen LogP contribution in [-0.4, -0.2) is 10.3 Å². The number of aromatic nitrogens is 1. The molecular weight excluding hydrogens is 216 g/mol. The van der Waals surface area contributed by atoms with Gasteiger partial charge in [-0.3, -0.25) is 0 Å². The molecular formula is C10H9ClN2O2. The first kappa shape index (κ1) is 9.86. The molecule has 0 saturated heterocycles. The van der Waals surface area contributed by atoms with E-state index in [9.17, 15) is 5.11 Å². The molecule has 0 bridgehead atoms. The third-order valence-corrected chi connectivity index (χ3v) is 2.42. The van der Waals surface area contributed by atoms with Gasteiger partial charge >= 0.3 is 0 Å². The molecule has 78 valence electrons. The van der Waals surface area contributed by atoms with Gasteiger partial charge in [-0.05, 0) is 18.6 Å². The van der Waals surface area contributed by atoms with Gasteiger partial charge in [0.05, 0.1) is 10.6 Å². The Kier molecular flexibility index (Phi) is 2.28. The van der Waals surface area contributed by atoms with Crippen molar-refractivity contribution in [2.45, 2.75) is 6.92 Å². The molecule has 5 heteroatoms. The van der Waals surface area contributed by atoms with E-state index in [2.05, 4.69) is 5.16 Å². The number of benzene rings is 1. The molecule has 1 aromatic heterocycles. The molecule has 4 nitrogen and oxygen atoms in total. The molecule has 1 aromatic carbocycles. The van der Waals surface area contributed by atoms with E-state index in [4.69, 9.17) is 21.9 Å². The van der Waals surface area contributed by atoms with Crippen LogP contribution < -0.4 is 5.73 Å². The van der Waals surface area contributed by atoms with Gasteiger partial charge in [-0.2, -0.15) is 0 Å². The number of aromatic hydroxyl groups is 1. The fourth-order valence-electron chi connectivity index (χ4n) is 1.31. The summed E-state index contributed by atoms with van der Waals surface area (Å²) in [6, 6.07) is 4.92. The normalized spacial score (nSPS) is 10.5. The lowest BCUT2D eigenvalue weighted by atomic mass is 10.1. The fourth-order valence-corrected chi connectivity index (χ4v) is 1.56. The van der Waals surface area contributed by atoms with Crippen LogP contribution in [0.2, 0.25) is 5.02 Å². The average Bonchev–Trinajstić information content (AvgIpc) is 2.59. The topological polar surface area (TPSA) is 72.3 Å². The lowest BCUT2D eigenvalue weighted by molar-refractivity contribution is 0.428. The largest absolute Gasteiger partial charge is 0.507 e. The van der Waals surface area contributed by atoms with Crippen LogP contribution in [0.1, 0.15) is 5.56 Å². The van der Waals surface area contributed by atoms with Gasteiger partial charge < -0.3 is 15.4 Å². The van der Waals surface area contributed by atoms with Crippen LogP contribution in [0, 0.1) is 6.92 Å². The Morgan fingerprint density at radius 3 is 2.80 bits per heavy atom. The number of phenolic OH excluding ortho intramolecular Hbond substituents is 1. The zero-order chi connectivity index (χ0) is 11.0. The van der Waals surface area contributed by atoms with Crippen molar-refractivity contribution in [1.29, 1.82) is 0 Å². The van der Waals surface area contributed by atoms with Gasteiger partial charge in [-0.1, -0.05) is 22.8 Å². The van der Waals surface area contributed by atoms with E-state index in [-0.39, 0.29) is 11.6 Å². The number of rotatable bonds is 1. The first-order chi connectivity index (χ1) is 7.09. The first-order valence-electron chi connectivity index (χ1n) is 4.30. The number of hydrogen-bond donors (Lipinski definition) is 2. The maximum absolute atomic E-state index is 9.83. The van der Waals surface area contributed by atoms with Crippen molar-refractivity contribution in [2.24, 2.45) is 0 Å². The first-order valence-corrected chi connectivity index (χ1v) is 4.68. The second-order valence-electron chi connectivity index (χ2n) is 3.20. The smallest absolute Gasteiger partial charge is 0.174 e. The van der Waals surface area contributed by atoms with E-state index in [1.54, 1.807) is 19.1 Å². The minimum Gasteiger partial charge on any atom is -0.507 e. The number of anilines is 1. The molecule has 3 N–H and O–H groups in total. The lowest BCUT2D eigenvalue weighted by Gasteiger charge is -2.05. The molecule has 2 aromatic rings. The second kappa shape index (κ2) is 3.47. The number of nitrogens with zero attached hydrogens (tertiary/aromatic N) is 1. The van der Waals surface area contributed by atoms with Crippen LogP contribution in [0.15, 0.2) is 22.7 Å². The van der Waals surface area contributed by atoms with Crippen molar-refractivity contribution in [1.82, 2.24) is 5.16 Å². The summed E-state index contributed by atoms with van der Waals surface area (Å²) in [5.74, 6) is 0.694. The van der Waals surface area contributed by atoms with E-state index in [1.165, 1.54) is 6.07 Å². The summed E-state index contributed by atoms with van der Waals surface area (Å²) in [4.78, 5) is 0. The summed E-state index contributed by atoms with van der Waals surface area (Å²) < 4.78 is 4.95. The number of nitrogens with two attached hydrogens (primary N) is 1. The van der Waals surface area contributed by atoms with E-state index in [0.29, 0.717) is 21.9 Å². The van der Waals surface area contributed by atoms with Crippen molar-refractivity contribution < 1.29 is 9.63 Å². The van der Waals surface area contributed by atoms with E-state index < -0.39 is 0 Å². The third-order valence-electron chi connectivity index (χ3n) is 2.10. The minimum absolute atomic E-state index is 0.0821. The zero-order valence-corrected chi connectivity index (χ0v) is 8.75. The Morgan fingerprint density at radius 1 is 1.47 bits per heavy atom. The molecule has 0 aliphatic rings. The van der Waals surface area contributed by atoms with Crippen LogP contribution >= 0.6 is 11.6 Å². The highest BCUT2D eigenvalue weighted by Gasteiger charge is 2.15. The van der Waals surface area contributed by atoms with Crippen LogP contribution in [0.4, 0.5) is 5.82 Å². The Labute approximate surface area is 91.3 Å². The quantitative estimate of drug-likeness (QED) is 0.781. The lowest BCUT2D eigenvalue weighted by Crippen LogP contribution is -1.83. The Morgan fingerprint density at radius 2 is 2.20 bits per heavy atom. The van der Waals surface area contributed by atoms with Crippen molar-refractivity contribution in [2.75, 3.05) is 5.73 Å². The summed E-state index contributed by atoms with van der Waals surface area (Å²) in [6.07, 6.45) is 0. The monoisotopic (exact) mass is 224 g/mol. The number of phenols is 1. The Bertz CT molecular complexity index is 508. The maximum atomic E-state index is 9.83. The van der Waals surface area contributed by atoms with Crippen molar-refractivity contribution in [3.63, 3.8) is 0 Å². The molecule has 0 spiro atoms. The second-order valence-corrected chi connectivity index (χ2v) is 3.61. The van der Waals surface area contributed by atoms with Crippen LogP contribution in [0.3, 0.4) is 0 Å². The third kappa shape index (κ3) is 1.64. The summed E-state index contributed by atoms with van der Waals surface area (Å²) in [6.45, 7) is 1.77. The predicted molar refractivity (Wildman–Crippen MR) is 57.8 cm³/mol. The standard InChI is InChI=1S/C10H9ClN2O2/c1-5-2-3-6(11)9(10(5)14)7-4-8(12)13-15-7/h2-4,14H,1H3,(H2,12,13). The molecule has 1 heterocycles. The number of aryl methyl sites for hydroxylation is 1. The molecule has 0 fully saturated rings. The molecule has 0 aliphatic heterocycles. The van der Waals surface area contributed by atoms with E-state index >= 15 is 0 Å². The summed E-state index contributed by atoms with van der Waals surface area (Å²) in [7, 11) is 0. The van der Waals surface area contributed by atoms with Gasteiger partial charge in [0.1, 0.15) is 5.75 Å². The molecule has 15 heavy (non-hydrogen) atoms. The van der Waals surface area contributed by atoms with Crippen LogP contribution in [0.25, 0.3) is 11.3 Å². The summed E-state index contributed by atoms with van der Waals surface area (Å²) in [5.41, 5.74) is 6.55. The SMILES string of the molecule is Cc1ccc(Cl)c(-c2cc(N)no2)c1O. The number of hydrogen-bond acceptors (Lipinski definition) is 4. The van der Waals surface area contributed by atoms with Gasteiger partial charge in [0.25, 0.3) is 0 Å². The summed E-state index contributed by atoms with van der Waals surface area (Å²) >= 11 is 5.96. The molecule has 0 unspecified atom stereocenters. The van der Waals surface area contributed by atoms with E-state index in [1.807, 2.05) is 0 Å². The van der Waals surface area contributed by atoms with Gasteiger partial charge in [0.2, 0.25) is 0 Å².